The highest BCUT2D eigenvalue weighted by atomic mass is 15.1. The monoisotopic (exact) mass is 588 g/mol. The third kappa shape index (κ3) is 3.22. The van der Waals surface area contributed by atoms with Crippen molar-refractivity contribution >= 4 is 49.4 Å². The van der Waals surface area contributed by atoms with E-state index in [0.717, 1.165) is 52.3 Å². The summed E-state index contributed by atoms with van der Waals surface area (Å²) in [6.07, 6.45) is 6.12. The molecule has 0 amide bonds. The van der Waals surface area contributed by atoms with Gasteiger partial charge in [0.05, 0.1) is 34.1 Å². The van der Waals surface area contributed by atoms with Gasteiger partial charge >= 0.3 is 0 Å². The predicted molar refractivity (Wildman–Crippen MR) is 188 cm³/mol. The van der Waals surface area contributed by atoms with Crippen molar-refractivity contribution in [2.75, 3.05) is 0 Å². The van der Waals surface area contributed by atoms with Crippen LogP contribution in [0, 0.1) is 11.3 Å². The van der Waals surface area contributed by atoms with E-state index in [1.165, 1.54) is 54.6 Å². The zero-order valence-electron chi connectivity index (χ0n) is 25.6. The van der Waals surface area contributed by atoms with E-state index in [1.807, 2.05) is 24.3 Å². The van der Waals surface area contributed by atoms with Crippen LogP contribution in [0.25, 0.3) is 77.6 Å². The molecule has 2 heterocycles. The van der Waals surface area contributed by atoms with Crippen LogP contribution in [0.3, 0.4) is 0 Å². The van der Waals surface area contributed by atoms with E-state index in [9.17, 15) is 5.26 Å². The molecule has 0 fully saturated rings. The van der Waals surface area contributed by atoms with Gasteiger partial charge in [0.15, 0.2) is 5.82 Å². The number of hydrogen-bond donors (Lipinski definition) is 0. The number of nitrogens with zero attached hydrogens (tertiary/aromatic N) is 4. The predicted octanol–water partition coefficient (Wildman–Crippen LogP) is 10.1. The van der Waals surface area contributed by atoms with E-state index < -0.39 is 0 Å². The van der Waals surface area contributed by atoms with Gasteiger partial charge in [-0.15, -0.1) is 0 Å². The van der Waals surface area contributed by atoms with E-state index in [2.05, 4.69) is 109 Å². The quantitative estimate of drug-likeness (QED) is 0.189. The Bertz CT molecular complexity index is 2660. The first-order valence-corrected chi connectivity index (χ1v) is 16.0. The summed E-state index contributed by atoms with van der Waals surface area (Å²) in [7, 11) is 0. The molecule has 216 valence electrons. The number of rotatable bonds is 2. The van der Waals surface area contributed by atoms with Crippen LogP contribution < -0.4 is 0 Å². The highest BCUT2D eigenvalue weighted by molar-refractivity contribution is 6.34. The summed E-state index contributed by atoms with van der Waals surface area (Å²) in [5.74, 6) is 0.813. The summed E-state index contributed by atoms with van der Waals surface area (Å²) in [5, 5.41) is 17.1. The molecule has 0 unspecified atom stereocenters. The molecule has 4 nitrogen and oxygen atoms in total. The largest absolute Gasteiger partial charge is 0.292 e. The zero-order valence-corrected chi connectivity index (χ0v) is 25.6. The fourth-order valence-corrected chi connectivity index (χ4v) is 8.24. The second kappa shape index (κ2) is 8.90. The van der Waals surface area contributed by atoms with Crippen molar-refractivity contribution in [3.05, 3.63) is 131 Å². The van der Waals surface area contributed by atoms with Crippen LogP contribution in [0.15, 0.2) is 103 Å². The average molecular weight is 589 g/mol. The van der Waals surface area contributed by atoms with Crippen LogP contribution in [0.1, 0.15) is 48.3 Å². The van der Waals surface area contributed by atoms with Gasteiger partial charge in [-0.25, -0.2) is 9.97 Å². The smallest absolute Gasteiger partial charge is 0.165 e. The minimum absolute atomic E-state index is 0.0741. The molecular weight excluding hydrogens is 560 g/mol. The maximum absolute atomic E-state index is 9.47. The SMILES string of the molecule is CC1(C)c2ccccc2-c2cc3c(cc21)c1cccc2c1c1c3cccc1n2-c1nc2c(nc1-c1ccc(C#N)cc1)CCC=C2. The third-order valence-electron chi connectivity index (χ3n) is 10.4. The van der Waals surface area contributed by atoms with Gasteiger partial charge in [-0.1, -0.05) is 80.6 Å². The zero-order chi connectivity index (χ0) is 30.7. The van der Waals surface area contributed by atoms with E-state index in [1.54, 1.807) is 0 Å². The van der Waals surface area contributed by atoms with E-state index in [0.29, 0.717) is 5.56 Å². The highest BCUT2D eigenvalue weighted by Gasteiger charge is 2.36. The molecule has 46 heavy (non-hydrogen) atoms. The van der Waals surface area contributed by atoms with Gasteiger partial charge < -0.3 is 0 Å². The molecule has 0 saturated carbocycles. The minimum Gasteiger partial charge on any atom is -0.292 e. The Hall–Kier alpha value is -5.79. The van der Waals surface area contributed by atoms with Crippen molar-refractivity contribution < 1.29 is 0 Å². The van der Waals surface area contributed by atoms with Gasteiger partial charge in [-0.2, -0.15) is 5.26 Å². The molecule has 0 saturated heterocycles. The fourth-order valence-electron chi connectivity index (χ4n) is 8.24. The van der Waals surface area contributed by atoms with E-state index >= 15 is 0 Å². The number of fused-ring (bicyclic) bond motifs is 7. The Morgan fingerprint density at radius 1 is 0.717 bits per heavy atom. The first-order chi connectivity index (χ1) is 22.5. The molecular formula is C42H28N4. The second-order valence-electron chi connectivity index (χ2n) is 13.2. The minimum atomic E-state index is -0.0741. The molecule has 0 atom stereocenters. The first-order valence-electron chi connectivity index (χ1n) is 16.0. The molecule has 6 aromatic carbocycles. The maximum Gasteiger partial charge on any atom is 0.165 e. The van der Waals surface area contributed by atoms with Crippen LogP contribution in [-0.4, -0.2) is 14.5 Å². The summed E-state index contributed by atoms with van der Waals surface area (Å²) in [6.45, 7) is 4.70. The Morgan fingerprint density at radius 3 is 2.17 bits per heavy atom. The fraction of sp³-hybridized carbons (Fsp3) is 0.119. The summed E-state index contributed by atoms with van der Waals surface area (Å²) in [5.41, 5.74) is 12.0. The van der Waals surface area contributed by atoms with Crippen molar-refractivity contribution in [1.29, 1.82) is 5.26 Å². The summed E-state index contributed by atoms with van der Waals surface area (Å²) >= 11 is 0. The Labute approximate surface area is 266 Å². The molecule has 4 heteroatoms. The van der Waals surface area contributed by atoms with Gasteiger partial charge in [0.1, 0.15) is 5.69 Å². The number of nitriles is 1. The third-order valence-corrected chi connectivity index (χ3v) is 10.4. The van der Waals surface area contributed by atoms with Crippen molar-refractivity contribution in [3.8, 4) is 34.3 Å². The molecule has 8 aromatic rings. The van der Waals surface area contributed by atoms with Crippen LogP contribution in [0.2, 0.25) is 0 Å². The highest BCUT2D eigenvalue weighted by Crippen LogP contribution is 2.52. The van der Waals surface area contributed by atoms with Gasteiger partial charge in [0, 0.05) is 21.8 Å². The number of hydrogen-bond acceptors (Lipinski definition) is 3. The van der Waals surface area contributed by atoms with Gasteiger partial charge in [0.25, 0.3) is 0 Å². The molecule has 0 spiro atoms. The number of aryl methyl sites for hydroxylation is 1. The molecule has 2 aliphatic carbocycles. The number of allylic oxidation sites excluding steroid dienone is 1. The Kier molecular flexibility index (Phi) is 4.94. The molecule has 0 aliphatic heterocycles. The molecule has 0 N–H and O–H groups in total. The number of benzene rings is 6. The van der Waals surface area contributed by atoms with Crippen LogP contribution in [0.5, 0.6) is 0 Å². The summed E-state index contributed by atoms with van der Waals surface area (Å²) in [4.78, 5) is 10.6. The Balaban J connectivity index is 1.34. The Morgan fingerprint density at radius 2 is 1.43 bits per heavy atom. The van der Waals surface area contributed by atoms with Crippen molar-refractivity contribution in [2.45, 2.75) is 32.1 Å². The van der Waals surface area contributed by atoms with E-state index in [-0.39, 0.29) is 5.41 Å². The molecule has 2 aliphatic rings. The van der Waals surface area contributed by atoms with Crippen LogP contribution in [0.4, 0.5) is 0 Å². The normalized spacial score (nSPS) is 14.6. The van der Waals surface area contributed by atoms with Crippen LogP contribution in [-0.2, 0) is 11.8 Å². The lowest BCUT2D eigenvalue weighted by atomic mass is 9.81. The van der Waals surface area contributed by atoms with Gasteiger partial charge in [-0.3, -0.25) is 4.57 Å². The summed E-state index contributed by atoms with van der Waals surface area (Å²) < 4.78 is 2.32. The average Bonchev–Trinajstić information content (AvgIpc) is 3.56. The lowest BCUT2D eigenvalue weighted by Crippen LogP contribution is -2.14. The standard InChI is InChI=1S/C42H28N4/c1-42(2)32-12-4-3-9-26(32)31-21-29-27-10-7-15-36-38(27)39-28(30(29)22-33(31)42)11-8-16-37(39)46(36)41-40(25-19-17-24(23-43)18-20-25)44-34-13-5-6-14-35(34)45-41/h3-4,6-12,14-22H,5,13H2,1-2H3. The first kappa shape index (κ1) is 25.5. The number of aromatic nitrogens is 3. The molecule has 0 bridgehead atoms. The molecule has 0 radical (unpaired) electrons. The molecule has 2 aromatic heterocycles. The van der Waals surface area contributed by atoms with Crippen molar-refractivity contribution in [2.24, 2.45) is 0 Å². The summed E-state index contributed by atoms with van der Waals surface area (Å²) in [6, 6.07) is 37.1. The lowest BCUT2D eigenvalue weighted by molar-refractivity contribution is 0.661. The van der Waals surface area contributed by atoms with Crippen molar-refractivity contribution in [3.63, 3.8) is 0 Å². The maximum atomic E-state index is 9.47. The lowest BCUT2D eigenvalue weighted by Gasteiger charge is -2.22. The van der Waals surface area contributed by atoms with E-state index in [4.69, 9.17) is 9.97 Å². The van der Waals surface area contributed by atoms with Crippen molar-refractivity contribution in [1.82, 2.24) is 14.5 Å². The topological polar surface area (TPSA) is 54.5 Å². The van der Waals surface area contributed by atoms with Gasteiger partial charge in [-0.05, 0) is 99.1 Å². The molecule has 10 rings (SSSR count). The van der Waals surface area contributed by atoms with Crippen LogP contribution >= 0.6 is 0 Å². The van der Waals surface area contributed by atoms with Gasteiger partial charge in [0.2, 0.25) is 0 Å². The second-order valence-corrected chi connectivity index (χ2v) is 13.2.